The van der Waals surface area contributed by atoms with Crippen LogP contribution in [-0.2, 0) is 6.54 Å². The molecule has 1 saturated carbocycles. The minimum atomic E-state index is -0.616. The Balaban J connectivity index is 0.973. The van der Waals surface area contributed by atoms with Gasteiger partial charge in [-0.2, -0.15) is 5.10 Å². The van der Waals surface area contributed by atoms with Gasteiger partial charge >= 0.3 is 0 Å². The summed E-state index contributed by atoms with van der Waals surface area (Å²) in [5, 5.41) is 14.6. The van der Waals surface area contributed by atoms with Crippen LogP contribution in [0, 0.1) is 11.6 Å². The standard InChI is InChI=1S/C34H30F2N8O2/c35-23-6-13-31-42-29(20-43(31)19-23)34(46)41-26-9-7-25(8-10-26)40-33(45)28-15-24(36)17-37-32(28)39-27-11-12-30-22(14-27)16-38-44(30)18-21-4-2-1-3-5-21/h1-6,11-17,19-20,25-26H,7-10,18H2,(H,37,39)(H,40,45)(H,41,46). The topological polar surface area (TPSA) is 118 Å². The van der Waals surface area contributed by atoms with E-state index in [1.807, 2.05) is 41.1 Å². The molecule has 10 nitrogen and oxygen atoms in total. The number of rotatable bonds is 8. The molecule has 46 heavy (non-hydrogen) atoms. The molecule has 0 atom stereocenters. The monoisotopic (exact) mass is 620 g/mol. The average Bonchev–Trinajstić information content (AvgIpc) is 3.67. The van der Waals surface area contributed by atoms with Gasteiger partial charge in [-0.1, -0.05) is 30.3 Å². The lowest BCUT2D eigenvalue weighted by atomic mass is 9.91. The normalized spacial score (nSPS) is 16.4. The van der Waals surface area contributed by atoms with Crippen molar-refractivity contribution in [1.82, 2.24) is 34.8 Å². The third-order valence-corrected chi connectivity index (χ3v) is 8.22. The van der Waals surface area contributed by atoms with Gasteiger partial charge in [-0.3, -0.25) is 14.3 Å². The molecule has 2 amide bonds. The van der Waals surface area contributed by atoms with Crippen LogP contribution in [-0.4, -0.2) is 48.0 Å². The first-order chi connectivity index (χ1) is 22.4. The molecule has 12 heteroatoms. The minimum absolute atomic E-state index is 0.0952. The Labute approximate surface area is 262 Å². The first kappa shape index (κ1) is 29.1. The Bertz CT molecular complexity index is 2050. The lowest BCUT2D eigenvalue weighted by Crippen LogP contribution is -2.44. The summed E-state index contributed by atoms with van der Waals surface area (Å²) in [5.41, 5.74) is 3.57. The van der Waals surface area contributed by atoms with Gasteiger partial charge < -0.3 is 20.4 Å². The molecule has 6 aromatic rings. The van der Waals surface area contributed by atoms with E-state index in [-0.39, 0.29) is 35.1 Å². The minimum Gasteiger partial charge on any atom is -0.349 e. The Morgan fingerprint density at radius 1 is 0.826 bits per heavy atom. The van der Waals surface area contributed by atoms with Crippen molar-refractivity contribution in [2.24, 2.45) is 0 Å². The summed E-state index contributed by atoms with van der Waals surface area (Å²) in [5.74, 6) is -1.56. The summed E-state index contributed by atoms with van der Waals surface area (Å²) in [6.07, 6.45) is 8.16. The molecule has 4 aromatic heterocycles. The SMILES string of the molecule is O=C(NC1CCC(NC(=O)c2cc(F)cnc2Nc2ccc3c(cnn3Cc3ccccc3)c2)CC1)c1cn2cc(F)ccc2n1. The van der Waals surface area contributed by atoms with Crippen molar-refractivity contribution in [3.05, 3.63) is 120 Å². The maximum atomic E-state index is 14.3. The number of carbonyl (C=O) groups excluding carboxylic acids is 2. The Morgan fingerprint density at radius 3 is 2.37 bits per heavy atom. The molecule has 1 aliphatic carbocycles. The maximum Gasteiger partial charge on any atom is 0.271 e. The number of hydrogen-bond acceptors (Lipinski definition) is 6. The van der Waals surface area contributed by atoms with E-state index < -0.39 is 17.5 Å². The van der Waals surface area contributed by atoms with Gasteiger partial charge in [-0.15, -0.1) is 0 Å². The Hall–Kier alpha value is -5.65. The molecule has 0 radical (unpaired) electrons. The van der Waals surface area contributed by atoms with E-state index >= 15 is 0 Å². The fourth-order valence-electron chi connectivity index (χ4n) is 5.87. The van der Waals surface area contributed by atoms with Crippen molar-refractivity contribution in [2.45, 2.75) is 44.3 Å². The molecule has 232 valence electrons. The number of carbonyl (C=O) groups is 2. The van der Waals surface area contributed by atoms with E-state index in [1.54, 1.807) is 6.20 Å². The summed E-state index contributed by atoms with van der Waals surface area (Å²) >= 11 is 0. The molecule has 0 bridgehead atoms. The smallest absolute Gasteiger partial charge is 0.271 e. The largest absolute Gasteiger partial charge is 0.349 e. The van der Waals surface area contributed by atoms with Gasteiger partial charge in [0.25, 0.3) is 11.8 Å². The lowest BCUT2D eigenvalue weighted by Gasteiger charge is -2.29. The second-order valence-corrected chi connectivity index (χ2v) is 11.5. The molecule has 0 unspecified atom stereocenters. The van der Waals surface area contributed by atoms with Crippen LogP contribution in [0.15, 0.2) is 91.5 Å². The third-order valence-electron chi connectivity index (χ3n) is 8.22. The van der Waals surface area contributed by atoms with Crippen molar-refractivity contribution in [2.75, 3.05) is 5.32 Å². The molecule has 0 spiro atoms. The van der Waals surface area contributed by atoms with Gasteiger partial charge in [-0.25, -0.2) is 18.7 Å². The highest BCUT2D eigenvalue weighted by Gasteiger charge is 2.26. The number of pyridine rings is 2. The molecule has 4 heterocycles. The highest BCUT2D eigenvalue weighted by molar-refractivity contribution is 6.00. The second kappa shape index (κ2) is 12.4. The van der Waals surface area contributed by atoms with Crippen LogP contribution in [0.5, 0.6) is 0 Å². The van der Waals surface area contributed by atoms with E-state index in [4.69, 9.17) is 0 Å². The van der Waals surface area contributed by atoms with Crippen LogP contribution in [0.25, 0.3) is 16.6 Å². The lowest BCUT2D eigenvalue weighted by molar-refractivity contribution is 0.0889. The highest BCUT2D eigenvalue weighted by Crippen LogP contribution is 2.26. The molecular weight excluding hydrogens is 590 g/mol. The number of amides is 2. The molecule has 1 fully saturated rings. The number of imidazole rings is 1. The van der Waals surface area contributed by atoms with Gasteiger partial charge in [0.15, 0.2) is 0 Å². The number of halogens is 2. The molecule has 0 saturated heterocycles. The molecule has 7 rings (SSSR count). The first-order valence-corrected chi connectivity index (χ1v) is 15.1. The van der Waals surface area contributed by atoms with Crippen LogP contribution in [0.4, 0.5) is 20.3 Å². The van der Waals surface area contributed by atoms with Gasteiger partial charge in [0.05, 0.1) is 30.0 Å². The number of hydrogen-bond donors (Lipinski definition) is 3. The van der Waals surface area contributed by atoms with Gasteiger partial charge in [0.2, 0.25) is 0 Å². The summed E-state index contributed by atoms with van der Waals surface area (Å²) < 4.78 is 31.2. The number of fused-ring (bicyclic) bond motifs is 2. The zero-order chi connectivity index (χ0) is 31.6. The summed E-state index contributed by atoms with van der Waals surface area (Å²) in [6.45, 7) is 0.638. The number of nitrogens with one attached hydrogen (secondary N) is 3. The van der Waals surface area contributed by atoms with Crippen molar-refractivity contribution in [3.63, 3.8) is 0 Å². The van der Waals surface area contributed by atoms with Crippen LogP contribution >= 0.6 is 0 Å². The number of anilines is 2. The Kier molecular flexibility index (Phi) is 7.83. The van der Waals surface area contributed by atoms with E-state index in [0.717, 1.165) is 22.7 Å². The van der Waals surface area contributed by atoms with Crippen molar-refractivity contribution < 1.29 is 18.4 Å². The number of benzene rings is 2. The molecule has 2 aromatic carbocycles. The van der Waals surface area contributed by atoms with Crippen LogP contribution < -0.4 is 16.0 Å². The van der Waals surface area contributed by atoms with Crippen molar-refractivity contribution >= 4 is 39.9 Å². The summed E-state index contributed by atoms with van der Waals surface area (Å²) in [7, 11) is 0. The summed E-state index contributed by atoms with van der Waals surface area (Å²) in [6, 6.07) is 19.5. The van der Waals surface area contributed by atoms with Gasteiger partial charge in [0.1, 0.15) is 28.8 Å². The predicted molar refractivity (Wildman–Crippen MR) is 169 cm³/mol. The first-order valence-electron chi connectivity index (χ1n) is 15.1. The van der Waals surface area contributed by atoms with E-state index in [2.05, 4.69) is 43.1 Å². The van der Waals surface area contributed by atoms with Crippen molar-refractivity contribution in [1.29, 1.82) is 0 Å². The predicted octanol–water partition coefficient (Wildman–Crippen LogP) is 5.62. The van der Waals surface area contributed by atoms with Crippen molar-refractivity contribution in [3.8, 4) is 0 Å². The average molecular weight is 621 g/mol. The van der Waals surface area contributed by atoms with Crippen LogP contribution in [0.1, 0.15) is 52.1 Å². The van der Waals surface area contributed by atoms with Gasteiger partial charge in [0, 0.05) is 35.6 Å². The Morgan fingerprint density at radius 2 is 1.59 bits per heavy atom. The van der Waals surface area contributed by atoms with E-state index in [9.17, 15) is 18.4 Å². The number of aromatic nitrogens is 5. The highest BCUT2D eigenvalue weighted by atomic mass is 19.1. The fourth-order valence-corrected chi connectivity index (χ4v) is 5.87. The van der Waals surface area contributed by atoms with E-state index in [1.165, 1.54) is 35.0 Å². The third kappa shape index (κ3) is 6.27. The molecule has 0 aliphatic heterocycles. The zero-order valence-corrected chi connectivity index (χ0v) is 24.7. The summed E-state index contributed by atoms with van der Waals surface area (Å²) in [4.78, 5) is 34.6. The van der Waals surface area contributed by atoms with Crippen LogP contribution in [0.3, 0.4) is 0 Å². The fraction of sp³-hybridized carbons (Fsp3) is 0.206. The molecular formula is C34H30F2N8O2. The van der Waals surface area contributed by atoms with E-state index in [0.29, 0.717) is 43.6 Å². The van der Waals surface area contributed by atoms with Gasteiger partial charge in [-0.05, 0) is 67.6 Å². The molecule has 1 aliphatic rings. The van der Waals surface area contributed by atoms with Crippen LogP contribution in [0.2, 0.25) is 0 Å². The second-order valence-electron chi connectivity index (χ2n) is 11.5. The maximum absolute atomic E-state index is 14.3. The quantitative estimate of drug-likeness (QED) is 0.203. The zero-order valence-electron chi connectivity index (χ0n) is 24.7. The molecule has 3 N–H and O–H groups in total. The number of nitrogens with zero attached hydrogens (tertiary/aromatic N) is 5.